The van der Waals surface area contributed by atoms with Crippen LogP contribution in [0.25, 0.3) is 0 Å². The smallest absolute Gasteiger partial charge is 0.112 e. The van der Waals surface area contributed by atoms with Gasteiger partial charge in [0.25, 0.3) is 0 Å². The Morgan fingerprint density at radius 2 is 2.15 bits per heavy atom. The normalized spacial score (nSPS) is 36.5. The third kappa shape index (κ3) is 1.88. The van der Waals surface area contributed by atoms with E-state index < -0.39 is 6.17 Å². The highest BCUT2D eigenvalue weighted by Crippen LogP contribution is 2.37. The summed E-state index contributed by atoms with van der Waals surface area (Å²) < 4.78 is 13.1. The SMILES string of the molecule is CCC(F)CN1C[C@H]2CCCC[C@H]21. The number of fused-ring (bicyclic) bond motifs is 1. The third-order valence-corrected chi connectivity index (χ3v) is 3.68. The van der Waals surface area contributed by atoms with E-state index in [0.29, 0.717) is 13.0 Å². The Kier molecular flexibility index (Phi) is 2.87. The van der Waals surface area contributed by atoms with Crippen molar-refractivity contribution in [1.82, 2.24) is 4.90 Å². The molecule has 2 aliphatic rings. The molecule has 1 unspecified atom stereocenters. The Hall–Kier alpha value is -0.110. The zero-order chi connectivity index (χ0) is 9.26. The Labute approximate surface area is 80.3 Å². The molecule has 3 atom stereocenters. The molecule has 0 radical (unpaired) electrons. The molecule has 0 aromatic heterocycles. The summed E-state index contributed by atoms with van der Waals surface area (Å²) in [6.07, 6.45) is 5.56. The number of hydrogen-bond acceptors (Lipinski definition) is 1. The molecule has 1 saturated carbocycles. The minimum atomic E-state index is -0.595. The fraction of sp³-hybridized carbons (Fsp3) is 1.00. The van der Waals surface area contributed by atoms with E-state index in [1.54, 1.807) is 0 Å². The van der Waals surface area contributed by atoms with Crippen molar-refractivity contribution in [2.45, 2.75) is 51.2 Å². The largest absolute Gasteiger partial charge is 0.297 e. The highest BCUT2D eigenvalue weighted by molar-refractivity contribution is 4.94. The number of rotatable bonds is 3. The van der Waals surface area contributed by atoms with E-state index in [4.69, 9.17) is 0 Å². The first-order valence-corrected chi connectivity index (χ1v) is 5.69. The second-order valence-corrected chi connectivity index (χ2v) is 4.57. The molecule has 1 aliphatic heterocycles. The topological polar surface area (TPSA) is 3.24 Å². The first-order chi connectivity index (χ1) is 6.31. The molecular weight excluding hydrogens is 165 g/mol. The Balaban J connectivity index is 1.77. The molecule has 0 aromatic rings. The van der Waals surface area contributed by atoms with Crippen molar-refractivity contribution in [2.75, 3.05) is 13.1 Å². The predicted molar refractivity (Wildman–Crippen MR) is 52.5 cm³/mol. The number of hydrogen-bond donors (Lipinski definition) is 0. The van der Waals surface area contributed by atoms with Crippen molar-refractivity contribution in [3.63, 3.8) is 0 Å². The fourth-order valence-electron chi connectivity index (χ4n) is 2.77. The molecule has 13 heavy (non-hydrogen) atoms. The van der Waals surface area contributed by atoms with Gasteiger partial charge in [-0.15, -0.1) is 0 Å². The second kappa shape index (κ2) is 3.95. The summed E-state index contributed by atoms with van der Waals surface area (Å²) in [6, 6.07) is 0.749. The van der Waals surface area contributed by atoms with Gasteiger partial charge in [0.15, 0.2) is 0 Å². The van der Waals surface area contributed by atoms with E-state index in [9.17, 15) is 4.39 Å². The predicted octanol–water partition coefficient (Wildman–Crippen LogP) is 2.61. The quantitative estimate of drug-likeness (QED) is 0.653. The Bertz CT molecular complexity index is 171. The summed E-state index contributed by atoms with van der Waals surface area (Å²) in [7, 11) is 0. The van der Waals surface area contributed by atoms with Crippen LogP contribution in [0.3, 0.4) is 0 Å². The van der Waals surface area contributed by atoms with E-state index in [0.717, 1.165) is 12.0 Å². The van der Waals surface area contributed by atoms with Crippen molar-refractivity contribution in [3.8, 4) is 0 Å². The summed E-state index contributed by atoms with van der Waals surface area (Å²) in [5.74, 6) is 0.915. The van der Waals surface area contributed by atoms with Gasteiger partial charge in [-0.05, 0) is 25.2 Å². The van der Waals surface area contributed by atoms with Gasteiger partial charge in [-0.2, -0.15) is 0 Å². The van der Waals surface area contributed by atoms with Crippen LogP contribution in [0.2, 0.25) is 0 Å². The van der Waals surface area contributed by atoms with E-state index in [-0.39, 0.29) is 0 Å². The average molecular weight is 185 g/mol. The Morgan fingerprint density at radius 3 is 2.85 bits per heavy atom. The number of alkyl halides is 1. The van der Waals surface area contributed by atoms with Crippen molar-refractivity contribution in [2.24, 2.45) is 5.92 Å². The number of likely N-dealkylation sites (tertiary alicyclic amines) is 1. The summed E-state index contributed by atoms with van der Waals surface area (Å²) in [5.41, 5.74) is 0. The van der Waals surface area contributed by atoms with Crippen LogP contribution < -0.4 is 0 Å². The van der Waals surface area contributed by atoms with E-state index >= 15 is 0 Å². The first-order valence-electron chi connectivity index (χ1n) is 5.69. The fourth-order valence-corrected chi connectivity index (χ4v) is 2.77. The number of nitrogens with zero attached hydrogens (tertiary/aromatic N) is 1. The van der Waals surface area contributed by atoms with Crippen LogP contribution in [-0.4, -0.2) is 30.2 Å². The van der Waals surface area contributed by atoms with Crippen molar-refractivity contribution in [1.29, 1.82) is 0 Å². The maximum Gasteiger partial charge on any atom is 0.112 e. The molecule has 0 N–H and O–H groups in total. The minimum Gasteiger partial charge on any atom is -0.297 e. The average Bonchev–Trinajstić information content (AvgIpc) is 2.14. The lowest BCUT2D eigenvalue weighted by Gasteiger charge is -2.51. The van der Waals surface area contributed by atoms with Gasteiger partial charge in [-0.1, -0.05) is 19.8 Å². The van der Waals surface area contributed by atoms with E-state index in [1.165, 1.54) is 32.2 Å². The maximum atomic E-state index is 13.1. The molecule has 2 fully saturated rings. The van der Waals surface area contributed by atoms with Crippen LogP contribution in [0, 0.1) is 5.92 Å². The monoisotopic (exact) mass is 185 g/mol. The third-order valence-electron chi connectivity index (χ3n) is 3.68. The van der Waals surface area contributed by atoms with Crippen molar-refractivity contribution >= 4 is 0 Å². The van der Waals surface area contributed by atoms with Gasteiger partial charge in [-0.25, -0.2) is 4.39 Å². The second-order valence-electron chi connectivity index (χ2n) is 4.57. The highest BCUT2D eigenvalue weighted by Gasteiger charge is 2.40. The summed E-state index contributed by atoms with van der Waals surface area (Å²) in [4.78, 5) is 2.36. The molecule has 1 heterocycles. The summed E-state index contributed by atoms with van der Waals surface area (Å²) in [6.45, 7) is 3.80. The minimum absolute atomic E-state index is 0.595. The molecule has 0 spiro atoms. The van der Waals surface area contributed by atoms with Crippen LogP contribution in [0.5, 0.6) is 0 Å². The summed E-state index contributed by atoms with van der Waals surface area (Å²) in [5, 5.41) is 0. The molecule has 0 amide bonds. The van der Waals surface area contributed by atoms with Gasteiger partial charge in [0.1, 0.15) is 6.17 Å². The molecule has 0 aromatic carbocycles. The first kappa shape index (κ1) is 9.45. The van der Waals surface area contributed by atoms with Crippen LogP contribution >= 0.6 is 0 Å². The van der Waals surface area contributed by atoms with E-state index in [2.05, 4.69) is 4.90 Å². The molecule has 1 saturated heterocycles. The zero-order valence-electron chi connectivity index (χ0n) is 8.51. The van der Waals surface area contributed by atoms with E-state index in [1.807, 2.05) is 6.92 Å². The van der Waals surface area contributed by atoms with Crippen LogP contribution in [0.4, 0.5) is 4.39 Å². The highest BCUT2D eigenvalue weighted by atomic mass is 19.1. The maximum absolute atomic E-state index is 13.1. The standard InChI is InChI=1S/C11H20FN/c1-2-10(12)8-13-7-9-5-3-4-6-11(9)13/h9-11H,2-8H2,1H3/t9-,10?,11-/m1/s1. The van der Waals surface area contributed by atoms with Gasteiger partial charge in [-0.3, -0.25) is 4.90 Å². The van der Waals surface area contributed by atoms with Gasteiger partial charge < -0.3 is 0 Å². The van der Waals surface area contributed by atoms with Crippen molar-refractivity contribution < 1.29 is 4.39 Å². The molecule has 1 nitrogen and oxygen atoms in total. The zero-order valence-corrected chi connectivity index (χ0v) is 8.51. The van der Waals surface area contributed by atoms with Gasteiger partial charge in [0, 0.05) is 19.1 Å². The molecular formula is C11H20FN. The lowest BCUT2D eigenvalue weighted by atomic mass is 9.77. The van der Waals surface area contributed by atoms with Crippen molar-refractivity contribution in [3.05, 3.63) is 0 Å². The van der Waals surface area contributed by atoms with Crippen LogP contribution in [-0.2, 0) is 0 Å². The van der Waals surface area contributed by atoms with Gasteiger partial charge in [0.2, 0.25) is 0 Å². The Morgan fingerprint density at radius 1 is 1.38 bits per heavy atom. The van der Waals surface area contributed by atoms with Crippen LogP contribution in [0.15, 0.2) is 0 Å². The molecule has 2 rings (SSSR count). The molecule has 0 bridgehead atoms. The van der Waals surface area contributed by atoms with Gasteiger partial charge in [0.05, 0.1) is 0 Å². The number of halogens is 1. The lowest BCUT2D eigenvalue weighted by molar-refractivity contribution is -0.0290. The summed E-state index contributed by atoms with van der Waals surface area (Å²) >= 11 is 0. The van der Waals surface area contributed by atoms with Crippen LogP contribution in [0.1, 0.15) is 39.0 Å². The molecule has 1 aliphatic carbocycles. The molecule has 2 heteroatoms. The molecule has 76 valence electrons. The lowest BCUT2D eigenvalue weighted by Crippen LogP contribution is -2.58. The van der Waals surface area contributed by atoms with Gasteiger partial charge >= 0.3 is 0 Å².